The SMILES string of the molecule is O=C(NCC1CCN(c2nc(Cc3ccccc3)ns2)CC1)c1ccccc1F. The third-order valence-corrected chi connectivity index (χ3v) is 6.03. The van der Waals surface area contributed by atoms with Crippen molar-refractivity contribution in [2.24, 2.45) is 5.92 Å². The van der Waals surface area contributed by atoms with Crippen LogP contribution in [0.3, 0.4) is 0 Å². The van der Waals surface area contributed by atoms with E-state index in [2.05, 4.69) is 26.7 Å². The zero-order valence-corrected chi connectivity index (χ0v) is 16.9. The van der Waals surface area contributed by atoms with Gasteiger partial charge in [0.2, 0.25) is 5.13 Å². The zero-order valence-electron chi connectivity index (χ0n) is 16.1. The molecule has 1 aliphatic heterocycles. The van der Waals surface area contributed by atoms with Gasteiger partial charge < -0.3 is 10.2 Å². The molecule has 0 spiro atoms. The van der Waals surface area contributed by atoms with Crippen LogP contribution in [-0.4, -0.2) is 34.9 Å². The van der Waals surface area contributed by atoms with E-state index in [0.717, 1.165) is 43.3 Å². The second-order valence-electron chi connectivity index (χ2n) is 7.28. The number of anilines is 1. The molecule has 1 aromatic heterocycles. The number of rotatable bonds is 6. The van der Waals surface area contributed by atoms with Crippen LogP contribution in [0.1, 0.15) is 34.6 Å². The molecule has 5 nitrogen and oxygen atoms in total. The van der Waals surface area contributed by atoms with Gasteiger partial charge in [0.1, 0.15) is 11.6 Å². The Bertz CT molecular complexity index is 954. The monoisotopic (exact) mass is 410 g/mol. The molecule has 2 heterocycles. The fourth-order valence-corrected chi connectivity index (χ4v) is 4.27. The quantitative estimate of drug-likeness (QED) is 0.669. The average molecular weight is 411 g/mol. The van der Waals surface area contributed by atoms with Crippen LogP contribution in [0.2, 0.25) is 0 Å². The van der Waals surface area contributed by atoms with Crippen molar-refractivity contribution in [3.63, 3.8) is 0 Å². The largest absolute Gasteiger partial charge is 0.352 e. The number of nitrogens with one attached hydrogen (secondary N) is 1. The molecule has 29 heavy (non-hydrogen) atoms. The van der Waals surface area contributed by atoms with Crippen LogP contribution in [-0.2, 0) is 6.42 Å². The third-order valence-electron chi connectivity index (χ3n) is 5.22. The standard InChI is InChI=1S/C22H23FN4OS/c23-19-9-5-4-8-18(19)21(28)24-15-17-10-12-27(13-11-17)22-25-20(26-29-22)14-16-6-2-1-3-7-16/h1-9,17H,10-15H2,(H,24,28). The first-order chi connectivity index (χ1) is 14.2. The van der Waals surface area contributed by atoms with E-state index in [0.29, 0.717) is 12.5 Å². The normalized spacial score (nSPS) is 14.7. The summed E-state index contributed by atoms with van der Waals surface area (Å²) in [5.41, 5.74) is 1.31. The number of hydrogen-bond donors (Lipinski definition) is 1. The van der Waals surface area contributed by atoms with E-state index >= 15 is 0 Å². The van der Waals surface area contributed by atoms with Crippen molar-refractivity contribution in [2.75, 3.05) is 24.5 Å². The maximum absolute atomic E-state index is 13.7. The highest BCUT2D eigenvalue weighted by Gasteiger charge is 2.23. The Morgan fingerprint density at radius 3 is 2.59 bits per heavy atom. The zero-order chi connectivity index (χ0) is 20.1. The summed E-state index contributed by atoms with van der Waals surface area (Å²) in [4.78, 5) is 19.1. The Kier molecular flexibility index (Phi) is 6.14. The summed E-state index contributed by atoms with van der Waals surface area (Å²) in [6.45, 7) is 2.34. The van der Waals surface area contributed by atoms with E-state index in [1.54, 1.807) is 12.1 Å². The lowest BCUT2D eigenvalue weighted by Gasteiger charge is -2.31. The maximum atomic E-state index is 13.7. The van der Waals surface area contributed by atoms with E-state index in [4.69, 9.17) is 4.98 Å². The van der Waals surface area contributed by atoms with Gasteiger partial charge in [-0.3, -0.25) is 4.79 Å². The second-order valence-corrected chi connectivity index (χ2v) is 8.01. The minimum atomic E-state index is -0.484. The average Bonchev–Trinajstić information content (AvgIpc) is 3.22. The number of carbonyl (C=O) groups is 1. The molecule has 1 fully saturated rings. The molecule has 2 aromatic carbocycles. The van der Waals surface area contributed by atoms with Crippen LogP contribution in [0, 0.1) is 11.7 Å². The van der Waals surface area contributed by atoms with Crippen LogP contribution >= 0.6 is 11.5 Å². The van der Waals surface area contributed by atoms with Crippen molar-refractivity contribution in [1.29, 1.82) is 0 Å². The Balaban J connectivity index is 1.25. The molecule has 3 aromatic rings. The Morgan fingerprint density at radius 2 is 1.83 bits per heavy atom. The maximum Gasteiger partial charge on any atom is 0.254 e. The molecular weight excluding hydrogens is 387 g/mol. The summed E-state index contributed by atoms with van der Waals surface area (Å²) in [5, 5.41) is 3.84. The van der Waals surface area contributed by atoms with Gasteiger partial charge in [-0.15, -0.1) is 0 Å². The molecule has 0 bridgehead atoms. The van der Waals surface area contributed by atoms with Crippen LogP contribution in [0.15, 0.2) is 54.6 Å². The van der Waals surface area contributed by atoms with Gasteiger partial charge in [0.05, 0.1) is 5.56 Å². The number of nitrogens with zero attached hydrogens (tertiary/aromatic N) is 3. The number of halogens is 1. The Hall–Kier alpha value is -2.80. The molecule has 1 aliphatic rings. The van der Waals surface area contributed by atoms with Gasteiger partial charge >= 0.3 is 0 Å². The molecule has 0 radical (unpaired) electrons. The molecule has 7 heteroatoms. The predicted molar refractivity (Wildman–Crippen MR) is 113 cm³/mol. The van der Waals surface area contributed by atoms with E-state index < -0.39 is 5.82 Å². The van der Waals surface area contributed by atoms with Crippen molar-refractivity contribution in [2.45, 2.75) is 19.3 Å². The Labute approximate surface area is 173 Å². The van der Waals surface area contributed by atoms with E-state index in [1.807, 2.05) is 18.2 Å². The molecular formula is C22H23FN4OS. The number of hydrogen-bond acceptors (Lipinski definition) is 5. The fraction of sp³-hybridized carbons (Fsp3) is 0.318. The lowest BCUT2D eigenvalue weighted by atomic mass is 9.97. The number of benzene rings is 2. The lowest BCUT2D eigenvalue weighted by Crippen LogP contribution is -2.38. The molecule has 150 valence electrons. The first kappa shape index (κ1) is 19.5. The molecule has 1 N–H and O–H groups in total. The van der Waals surface area contributed by atoms with Crippen molar-refractivity contribution in [3.8, 4) is 0 Å². The molecule has 0 unspecified atom stereocenters. The topological polar surface area (TPSA) is 58.1 Å². The van der Waals surface area contributed by atoms with Gasteiger partial charge in [0.15, 0.2) is 0 Å². The minimum absolute atomic E-state index is 0.102. The molecule has 0 saturated carbocycles. The van der Waals surface area contributed by atoms with Gasteiger partial charge in [-0.05, 0) is 36.5 Å². The molecule has 4 rings (SSSR count). The predicted octanol–water partition coefficient (Wildman–Crippen LogP) is 3.91. The molecule has 1 amide bonds. The van der Waals surface area contributed by atoms with E-state index in [1.165, 1.54) is 29.2 Å². The van der Waals surface area contributed by atoms with Crippen molar-refractivity contribution in [1.82, 2.24) is 14.7 Å². The van der Waals surface area contributed by atoms with Crippen LogP contribution in [0.5, 0.6) is 0 Å². The summed E-state index contributed by atoms with van der Waals surface area (Å²) < 4.78 is 18.2. The van der Waals surface area contributed by atoms with Gasteiger partial charge in [-0.25, -0.2) is 9.37 Å². The summed E-state index contributed by atoms with van der Waals surface area (Å²) in [6, 6.07) is 16.3. The number of carbonyl (C=O) groups excluding carboxylic acids is 1. The van der Waals surface area contributed by atoms with Crippen LogP contribution in [0.25, 0.3) is 0 Å². The van der Waals surface area contributed by atoms with Crippen LogP contribution < -0.4 is 10.2 Å². The van der Waals surface area contributed by atoms with E-state index in [9.17, 15) is 9.18 Å². The smallest absolute Gasteiger partial charge is 0.254 e. The molecule has 1 saturated heterocycles. The van der Waals surface area contributed by atoms with E-state index in [-0.39, 0.29) is 11.5 Å². The number of amides is 1. The fourth-order valence-electron chi connectivity index (χ4n) is 3.53. The third kappa shape index (κ3) is 4.98. The van der Waals surface area contributed by atoms with Gasteiger partial charge in [0, 0.05) is 37.6 Å². The highest BCUT2D eigenvalue weighted by Crippen LogP contribution is 2.25. The first-order valence-electron chi connectivity index (χ1n) is 9.83. The first-order valence-corrected chi connectivity index (χ1v) is 10.6. The van der Waals surface area contributed by atoms with Crippen molar-refractivity contribution >= 4 is 22.6 Å². The van der Waals surface area contributed by atoms with Gasteiger partial charge in [-0.1, -0.05) is 42.5 Å². The minimum Gasteiger partial charge on any atom is -0.352 e. The summed E-state index contributed by atoms with van der Waals surface area (Å²) in [5.74, 6) is 0.414. The van der Waals surface area contributed by atoms with Gasteiger partial charge in [0.25, 0.3) is 5.91 Å². The molecule has 0 atom stereocenters. The highest BCUT2D eigenvalue weighted by molar-refractivity contribution is 7.09. The van der Waals surface area contributed by atoms with Crippen molar-refractivity contribution < 1.29 is 9.18 Å². The number of piperidine rings is 1. The summed E-state index contributed by atoms with van der Waals surface area (Å²) in [6.07, 6.45) is 2.67. The number of aromatic nitrogens is 2. The van der Waals surface area contributed by atoms with Gasteiger partial charge in [-0.2, -0.15) is 4.37 Å². The summed E-state index contributed by atoms with van der Waals surface area (Å²) in [7, 11) is 0. The van der Waals surface area contributed by atoms with Crippen LogP contribution in [0.4, 0.5) is 9.52 Å². The lowest BCUT2D eigenvalue weighted by molar-refractivity contribution is 0.0941. The van der Waals surface area contributed by atoms with Crippen molar-refractivity contribution in [3.05, 3.63) is 77.4 Å². The Morgan fingerprint density at radius 1 is 1.10 bits per heavy atom. The second kappa shape index (κ2) is 9.13. The highest BCUT2D eigenvalue weighted by atomic mass is 32.1. The molecule has 0 aliphatic carbocycles. The summed E-state index contributed by atoms with van der Waals surface area (Å²) >= 11 is 1.45.